The topological polar surface area (TPSA) is 24.4 Å². The highest BCUT2D eigenvalue weighted by molar-refractivity contribution is 9.10. The van der Waals surface area contributed by atoms with Crippen LogP contribution >= 0.6 is 27.7 Å². The van der Waals surface area contributed by atoms with Crippen LogP contribution in [-0.4, -0.2) is 17.0 Å². The van der Waals surface area contributed by atoms with Gasteiger partial charge in [0.1, 0.15) is 11.6 Å². The number of hydrogen-bond acceptors (Lipinski definition) is 3. The zero-order chi connectivity index (χ0) is 14.9. The minimum Gasteiger partial charge on any atom is -0.332 e. The molecule has 1 aromatic carbocycles. The third-order valence-electron chi connectivity index (χ3n) is 3.15. The third-order valence-corrected chi connectivity index (χ3v) is 4.68. The molecule has 1 unspecified atom stereocenters. The molecule has 1 atom stereocenters. The lowest BCUT2D eigenvalue weighted by molar-refractivity contribution is 0.316. The van der Waals surface area contributed by atoms with Crippen LogP contribution in [0.25, 0.3) is 0 Å². The Morgan fingerprint density at radius 2 is 2.00 bits per heavy atom. The van der Waals surface area contributed by atoms with E-state index in [0.29, 0.717) is 5.17 Å². The Morgan fingerprint density at radius 3 is 2.65 bits per heavy atom. The molecule has 2 rings (SSSR count). The van der Waals surface area contributed by atoms with Crippen molar-refractivity contribution in [2.75, 3.05) is 11.1 Å². The van der Waals surface area contributed by atoms with E-state index in [1.165, 1.54) is 11.8 Å². The number of hydrogen-bond donors (Lipinski definition) is 1. The minimum atomic E-state index is -0.501. The van der Waals surface area contributed by atoms with Crippen LogP contribution in [0.1, 0.15) is 27.2 Å². The Labute approximate surface area is 130 Å². The quantitative estimate of drug-likeness (QED) is 0.707. The largest absolute Gasteiger partial charge is 0.332 e. The first-order valence-corrected chi connectivity index (χ1v) is 8.17. The van der Waals surface area contributed by atoms with Crippen LogP contribution in [0.2, 0.25) is 0 Å². The van der Waals surface area contributed by atoms with Crippen molar-refractivity contribution in [3.8, 4) is 0 Å². The van der Waals surface area contributed by atoms with Gasteiger partial charge in [0.25, 0.3) is 0 Å². The van der Waals surface area contributed by atoms with Crippen LogP contribution in [0, 0.1) is 17.0 Å². The van der Waals surface area contributed by atoms with Crippen molar-refractivity contribution in [1.29, 1.82) is 0 Å². The van der Waals surface area contributed by atoms with E-state index in [0.717, 1.165) is 24.3 Å². The molecule has 2 nitrogen and oxygen atoms in total. The van der Waals surface area contributed by atoms with Gasteiger partial charge in [0.2, 0.25) is 0 Å². The highest BCUT2D eigenvalue weighted by atomic mass is 79.9. The van der Waals surface area contributed by atoms with Gasteiger partial charge < -0.3 is 5.32 Å². The molecule has 0 saturated carbocycles. The van der Waals surface area contributed by atoms with Gasteiger partial charge in [-0.2, -0.15) is 0 Å². The molecule has 20 heavy (non-hydrogen) atoms. The van der Waals surface area contributed by atoms with Crippen molar-refractivity contribution in [1.82, 2.24) is 0 Å². The summed E-state index contributed by atoms with van der Waals surface area (Å²) in [6, 6.07) is 2.45. The third kappa shape index (κ3) is 3.73. The monoisotopic (exact) mass is 362 g/mol. The van der Waals surface area contributed by atoms with Crippen molar-refractivity contribution in [2.45, 2.75) is 33.2 Å². The van der Waals surface area contributed by atoms with Gasteiger partial charge in [0.05, 0.1) is 16.2 Å². The van der Waals surface area contributed by atoms with E-state index in [-0.39, 0.29) is 21.6 Å². The average molecular weight is 363 g/mol. The zero-order valence-corrected chi connectivity index (χ0v) is 14.0. The number of rotatable bonds is 1. The number of benzene rings is 1. The number of thioether (sulfide) groups is 1. The molecule has 1 aliphatic rings. The molecule has 0 aliphatic carbocycles. The molecule has 110 valence electrons. The predicted molar refractivity (Wildman–Crippen MR) is 85.4 cm³/mol. The van der Waals surface area contributed by atoms with Gasteiger partial charge in [-0.15, -0.1) is 0 Å². The second-order valence-corrected chi connectivity index (χ2v) is 7.76. The maximum absolute atomic E-state index is 13.8. The minimum absolute atomic E-state index is 0.0669. The van der Waals surface area contributed by atoms with Gasteiger partial charge in [-0.05, 0) is 33.8 Å². The molecule has 0 radical (unpaired) electrons. The predicted octanol–water partition coefficient (Wildman–Crippen LogP) is 5.05. The van der Waals surface area contributed by atoms with E-state index in [9.17, 15) is 8.78 Å². The molecule has 1 N–H and O–H groups in total. The summed E-state index contributed by atoms with van der Waals surface area (Å²) in [5.74, 6) is -0.0730. The summed E-state index contributed by atoms with van der Waals surface area (Å²) in [6.07, 6.45) is 0.997. The number of halogens is 3. The number of anilines is 1. The van der Waals surface area contributed by atoms with E-state index in [4.69, 9.17) is 0 Å². The van der Waals surface area contributed by atoms with E-state index < -0.39 is 11.6 Å². The molecular formula is C14H17BrF2N2S. The van der Waals surface area contributed by atoms with Gasteiger partial charge in [-0.25, -0.2) is 8.78 Å². The standard InChI is InChI=1S/C14H17BrF2N2S/c1-14(2,3)12-4-5-20-13(19-12)18-11-7-9(16)8(15)6-10(11)17/h6-7,12H,4-5H2,1-3H3,(H,18,19). The zero-order valence-electron chi connectivity index (χ0n) is 11.6. The maximum atomic E-state index is 13.8. The molecule has 1 aliphatic heterocycles. The second kappa shape index (κ2) is 6.02. The van der Waals surface area contributed by atoms with Gasteiger partial charge in [-0.1, -0.05) is 32.5 Å². The Bertz CT molecular complexity index is 541. The lowest BCUT2D eigenvalue weighted by Gasteiger charge is -2.31. The first kappa shape index (κ1) is 15.8. The van der Waals surface area contributed by atoms with Crippen molar-refractivity contribution in [2.24, 2.45) is 10.4 Å². The molecule has 0 fully saturated rings. The first-order chi connectivity index (χ1) is 9.27. The number of nitrogens with one attached hydrogen (secondary N) is 1. The first-order valence-electron chi connectivity index (χ1n) is 6.39. The summed E-state index contributed by atoms with van der Waals surface area (Å²) < 4.78 is 27.4. The van der Waals surface area contributed by atoms with E-state index in [1.807, 2.05) is 0 Å². The fourth-order valence-corrected chi connectivity index (χ4v) is 3.17. The number of aliphatic imine (C=N–C) groups is 1. The highest BCUT2D eigenvalue weighted by Crippen LogP contribution is 2.32. The van der Waals surface area contributed by atoms with Crippen LogP contribution in [0.4, 0.5) is 14.5 Å². The molecular weight excluding hydrogens is 346 g/mol. The average Bonchev–Trinajstić information content (AvgIpc) is 2.35. The lowest BCUT2D eigenvalue weighted by Crippen LogP contribution is -2.30. The number of nitrogens with zero attached hydrogens (tertiary/aromatic N) is 1. The van der Waals surface area contributed by atoms with E-state index >= 15 is 0 Å². The van der Waals surface area contributed by atoms with Crippen LogP contribution in [0.3, 0.4) is 0 Å². The smallest absolute Gasteiger partial charge is 0.161 e. The van der Waals surface area contributed by atoms with Crippen LogP contribution in [0.15, 0.2) is 21.6 Å². The van der Waals surface area contributed by atoms with Gasteiger partial charge in [0, 0.05) is 11.8 Å². The lowest BCUT2D eigenvalue weighted by atomic mass is 9.85. The van der Waals surface area contributed by atoms with Gasteiger partial charge >= 0.3 is 0 Å². The van der Waals surface area contributed by atoms with Crippen LogP contribution < -0.4 is 5.32 Å². The highest BCUT2D eigenvalue weighted by Gasteiger charge is 2.27. The second-order valence-electron chi connectivity index (χ2n) is 5.82. The van der Waals surface area contributed by atoms with Gasteiger partial charge in [0.15, 0.2) is 5.17 Å². The van der Waals surface area contributed by atoms with Crippen molar-refractivity contribution >= 4 is 38.5 Å². The normalized spacial score (nSPS) is 19.7. The summed E-state index contributed by atoms with van der Waals surface area (Å²) >= 11 is 4.50. The Balaban J connectivity index is 2.21. The molecule has 0 spiro atoms. The van der Waals surface area contributed by atoms with E-state index in [2.05, 4.69) is 47.0 Å². The summed E-state index contributed by atoms with van der Waals surface area (Å²) in [7, 11) is 0. The van der Waals surface area contributed by atoms with E-state index in [1.54, 1.807) is 0 Å². The fraction of sp³-hybridized carbons (Fsp3) is 0.500. The Morgan fingerprint density at radius 1 is 1.30 bits per heavy atom. The summed E-state index contributed by atoms with van der Waals surface area (Å²) in [5.41, 5.74) is 0.184. The molecule has 0 aromatic heterocycles. The summed E-state index contributed by atoms with van der Waals surface area (Å²) in [6.45, 7) is 6.40. The SMILES string of the molecule is CC(C)(C)C1CCSC(Nc2cc(F)c(Br)cc2F)=N1. The molecule has 1 aromatic rings. The fourth-order valence-electron chi connectivity index (χ4n) is 1.94. The number of amidine groups is 1. The summed E-state index contributed by atoms with van der Waals surface area (Å²) in [5, 5.41) is 3.55. The van der Waals surface area contributed by atoms with Crippen LogP contribution in [-0.2, 0) is 0 Å². The molecule has 6 heteroatoms. The van der Waals surface area contributed by atoms with Crippen molar-refractivity contribution < 1.29 is 8.78 Å². The molecule has 1 heterocycles. The van der Waals surface area contributed by atoms with Crippen molar-refractivity contribution in [3.05, 3.63) is 28.2 Å². The van der Waals surface area contributed by atoms with Crippen molar-refractivity contribution in [3.63, 3.8) is 0 Å². The van der Waals surface area contributed by atoms with Crippen LogP contribution in [0.5, 0.6) is 0 Å². The molecule has 0 amide bonds. The maximum Gasteiger partial charge on any atom is 0.161 e. The molecule has 0 bridgehead atoms. The Kier molecular flexibility index (Phi) is 4.74. The Hall–Kier alpha value is -0.620. The van der Waals surface area contributed by atoms with Gasteiger partial charge in [-0.3, -0.25) is 4.99 Å². The molecule has 0 saturated heterocycles. The summed E-state index contributed by atoms with van der Waals surface area (Å²) in [4.78, 5) is 4.61.